The number of amides is 1. The van der Waals surface area contributed by atoms with Crippen molar-refractivity contribution in [3.63, 3.8) is 0 Å². The van der Waals surface area contributed by atoms with Gasteiger partial charge in [0, 0.05) is 24.0 Å². The van der Waals surface area contributed by atoms with Gasteiger partial charge in [-0.3, -0.25) is 4.79 Å². The number of nitrogens with zero attached hydrogens (tertiary/aromatic N) is 3. The molecule has 2 heterocycles. The molecule has 0 fully saturated rings. The topological polar surface area (TPSA) is 59.8 Å². The fraction of sp³-hybridized carbons (Fsp3) is 0.0870. The maximum absolute atomic E-state index is 12.6. The van der Waals surface area contributed by atoms with Crippen molar-refractivity contribution in [2.24, 2.45) is 0 Å². The molecule has 2 aromatic heterocycles. The summed E-state index contributed by atoms with van der Waals surface area (Å²) in [4.78, 5) is 22.2. The summed E-state index contributed by atoms with van der Waals surface area (Å²) < 4.78 is 2.05. The third-order valence-electron chi connectivity index (χ3n) is 5.02. The van der Waals surface area contributed by atoms with Gasteiger partial charge >= 0.3 is 0 Å². The maximum atomic E-state index is 12.6. The van der Waals surface area contributed by atoms with Crippen LogP contribution in [-0.4, -0.2) is 20.4 Å². The van der Waals surface area contributed by atoms with E-state index in [0.29, 0.717) is 22.3 Å². The minimum absolute atomic E-state index is 0.118. The van der Waals surface area contributed by atoms with Crippen molar-refractivity contribution in [1.82, 2.24) is 14.5 Å². The molecule has 5 aromatic rings. The second kappa shape index (κ2) is 7.59. The van der Waals surface area contributed by atoms with E-state index in [2.05, 4.69) is 9.88 Å². The van der Waals surface area contributed by atoms with Crippen LogP contribution in [-0.2, 0) is 11.3 Å². The minimum Gasteiger partial charge on any atom is -0.326 e. The lowest BCUT2D eigenvalue weighted by molar-refractivity contribution is -0.116. The monoisotopic (exact) mass is 434 g/mol. The highest BCUT2D eigenvalue weighted by atomic mass is 35.5. The Hall–Kier alpha value is -3.15. The first-order valence-corrected chi connectivity index (χ1v) is 10.2. The van der Waals surface area contributed by atoms with E-state index in [4.69, 9.17) is 33.2 Å². The van der Waals surface area contributed by atoms with Crippen LogP contribution in [0, 0.1) is 0 Å². The molecule has 0 aliphatic carbocycles. The average Bonchev–Trinajstić information content (AvgIpc) is 3.06. The van der Waals surface area contributed by atoms with Crippen molar-refractivity contribution in [1.29, 1.82) is 0 Å². The molecule has 1 amide bonds. The second-order valence-corrected chi connectivity index (χ2v) is 7.79. The molecule has 0 aliphatic heterocycles. The van der Waals surface area contributed by atoms with E-state index in [1.54, 1.807) is 18.2 Å². The van der Waals surface area contributed by atoms with E-state index in [-0.39, 0.29) is 12.3 Å². The molecule has 0 bridgehead atoms. The molecular formula is C23H16Cl2N4O. The Bertz CT molecular complexity index is 1430. The lowest BCUT2D eigenvalue weighted by Crippen LogP contribution is -2.14. The van der Waals surface area contributed by atoms with Gasteiger partial charge in [0.05, 0.1) is 26.6 Å². The number of fused-ring (bicyclic) bond motifs is 4. The molecule has 0 atom stereocenters. The summed E-state index contributed by atoms with van der Waals surface area (Å²) in [5.41, 5.74) is 4.92. The molecular weight excluding hydrogens is 419 g/mol. The molecule has 148 valence electrons. The number of hydrogen-bond acceptors (Lipinski definition) is 3. The predicted molar refractivity (Wildman–Crippen MR) is 122 cm³/mol. The van der Waals surface area contributed by atoms with Gasteiger partial charge in [0.1, 0.15) is 5.52 Å². The van der Waals surface area contributed by atoms with Gasteiger partial charge in [-0.05, 0) is 36.4 Å². The zero-order valence-electron chi connectivity index (χ0n) is 15.8. The number of rotatable bonds is 4. The molecule has 0 saturated carbocycles. The van der Waals surface area contributed by atoms with Gasteiger partial charge in [-0.1, -0.05) is 53.5 Å². The molecule has 5 nitrogen and oxygen atoms in total. The largest absolute Gasteiger partial charge is 0.326 e. The van der Waals surface area contributed by atoms with Gasteiger partial charge in [-0.15, -0.1) is 0 Å². The van der Waals surface area contributed by atoms with Gasteiger partial charge in [0.25, 0.3) is 0 Å². The Balaban J connectivity index is 1.49. The van der Waals surface area contributed by atoms with E-state index in [1.807, 2.05) is 48.5 Å². The zero-order chi connectivity index (χ0) is 20.7. The fourth-order valence-corrected chi connectivity index (χ4v) is 3.92. The van der Waals surface area contributed by atoms with Crippen LogP contribution in [0.25, 0.3) is 33.1 Å². The third-order valence-corrected chi connectivity index (χ3v) is 5.76. The number of anilines is 1. The van der Waals surface area contributed by atoms with Crippen LogP contribution < -0.4 is 5.32 Å². The van der Waals surface area contributed by atoms with E-state index in [9.17, 15) is 4.79 Å². The summed E-state index contributed by atoms with van der Waals surface area (Å²) >= 11 is 12.0. The van der Waals surface area contributed by atoms with Crippen molar-refractivity contribution in [2.75, 3.05) is 5.32 Å². The molecule has 0 aliphatic rings. The summed E-state index contributed by atoms with van der Waals surface area (Å²) in [5.74, 6) is -0.118. The second-order valence-electron chi connectivity index (χ2n) is 6.98. The van der Waals surface area contributed by atoms with Crippen LogP contribution in [0.15, 0.2) is 66.7 Å². The lowest BCUT2D eigenvalue weighted by Gasteiger charge is -2.09. The summed E-state index contributed by atoms with van der Waals surface area (Å²) in [6.07, 6.45) is 0.280. The van der Waals surface area contributed by atoms with Crippen molar-refractivity contribution in [2.45, 2.75) is 13.0 Å². The molecule has 7 heteroatoms. The van der Waals surface area contributed by atoms with Gasteiger partial charge in [0.2, 0.25) is 5.91 Å². The number of carbonyl (C=O) groups is 1. The Kier molecular flexibility index (Phi) is 4.77. The van der Waals surface area contributed by atoms with Crippen LogP contribution in [0.3, 0.4) is 0 Å². The van der Waals surface area contributed by atoms with E-state index in [0.717, 1.165) is 33.1 Å². The highest BCUT2D eigenvalue weighted by Gasteiger charge is 2.15. The van der Waals surface area contributed by atoms with Crippen molar-refractivity contribution in [3.05, 3.63) is 76.8 Å². The lowest BCUT2D eigenvalue weighted by atomic mass is 10.2. The summed E-state index contributed by atoms with van der Waals surface area (Å²) in [5, 5.41) is 4.74. The number of benzene rings is 3. The van der Waals surface area contributed by atoms with Crippen LogP contribution in [0.5, 0.6) is 0 Å². The van der Waals surface area contributed by atoms with Gasteiger partial charge in [-0.2, -0.15) is 0 Å². The van der Waals surface area contributed by atoms with Crippen molar-refractivity contribution >= 4 is 67.9 Å². The normalized spacial score (nSPS) is 11.4. The first-order chi connectivity index (χ1) is 14.6. The quantitative estimate of drug-likeness (QED) is 0.373. The Labute approximate surface area is 182 Å². The molecule has 3 aromatic carbocycles. The molecule has 0 spiro atoms. The smallest absolute Gasteiger partial charge is 0.226 e. The highest BCUT2D eigenvalue weighted by molar-refractivity contribution is 6.42. The number of halogens is 2. The van der Waals surface area contributed by atoms with E-state index < -0.39 is 0 Å². The van der Waals surface area contributed by atoms with Gasteiger partial charge < -0.3 is 9.88 Å². The van der Waals surface area contributed by atoms with Crippen LogP contribution in [0.2, 0.25) is 10.0 Å². The molecule has 0 radical (unpaired) electrons. The SMILES string of the molecule is O=C(CCn1c2ccccc2c2nc3ccccc3nc21)Nc1ccc(Cl)c(Cl)c1. The summed E-state index contributed by atoms with van der Waals surface area (Å²) in [6, 6.07) is 20.9. The van der Waals surface area contributed by atoms with Crippen LogP contribution in [0.4, 0.5) is 5.69 Å². The number of hydrogen-bond donors (Lipinski definition) is 1. The minimum atomic E-state index is -0.118. The number of para-hydroxylation sites is 3. The molecule has 0 saturated heterocycles. The molecule has 30 heavy (non-hydrogen) atoms. The number of aromatic nitrogens is 3. The van der Waals surface area contributed by atoms with Gasteiger partial charge in [-0.25, -0.2) is 9.97 Å². The Morgan fingerprint density at radius 2 is 1.63 bits per heavy atom. The number of carbonyl (C=O) groups excluding carboxylic acids is 1. The average molecular weight is 435 g/mol. The van der Waals surface area contributed by atoms with Gasteiger partial charge in [0.15, 0.2) is 5.65 Å². The van der Waals surface area contributed by atoms with Crippen molar-refractivity contribution < 1.29 is 4.79 Å². The van der Waals surface area contributed by atoms with Crippen molar-refractivity contribution in [3.8, 4) is 0 Å². The third kappa shape index (κ3) is 3.36. The highest BCUT2D eigenvalue weighted by Crippen LogP contribution is 2.29. The molecule has 1 N–H and O–H groups in total. The standard InChI is InChI=1S/C23H16Cl2N4O/c24-16-10-9-14(13-17(16)25)26-21(30)11-12-29-20-8-4-1-5-15(20)22-23(29)28-19-7-3-2-6-18(19)27-22/h1-10,13H,11-12H2,(H,26,30). The van der Waals surface area contributed by atoms with Crippen LogP contribution in [0.1, 0.15) is 6.42 Å². The number of nitrogens with one attached hydrogen (secondary N) is 1. The van der Waals surface area contributed by atoms with Crippen LogP contribution >= 0.6 is 23.2 Å². The predicted octanol–water partition coefficient (Wildman–Crippen LogP) is 6.07. The first-order valence-electron chi connectivity index (χ1n) is 9.49. The molecule has 5 rings (SSSR count). The Morgan fingerprint density at radius 3 is 2.43 bits per heavy atom. The number of aryl methyl sites for hydroxylation is 1. The zero-order valence-corrected chi connectivity index (χ0v) is 17.3. The van der Waals surface area contributed by atoms with E-state index >= 15 is 0 Å². The fourth-order valence-electron chi connectivity index (χ4n) is 3.62. The van der Waals surface area contributed by atoms with E-state index in [1.165, 1.54) is 0 Å². The Morgan fingerprint density at radius 1 is 0.900 bits per heavy atom. The molecule has 0 unspecified atom stereocenters. The first kappa shape index (κ1) is 18.9. The summed E-state index contributed by atoms with van der Waals surface area (Å²) in [6.45, 7) is 0.476. The maximum Gasteiger partial charge on any atom is 0.226 e. The summed E-state index contributed by atoms with van der Waals surface area (Å²) in [7, 11) is 0.